The van der Waals surface area contributed by atoms with E-state index in [9.17, 15) is 9.59 Å². The number of benzene rings is 1. The molecule has 0 saturated carbocycles. The minimum Gasteiger partial charge on any atom is -0.484 e. The number of nitrogens with zero attached hydrogens (tertiary/aromatic N) is 1. The Kier molecular flexibility index (Phi) is 4.66. The van der Waals surface area contributed by atoms with Crippen molar-refractivity contribution < 1.29 is 19.2 Å². The van der Waals surface area contributed by atoms with Crippen LogP contribution in [0.5, 0.6) is 5.75 Å². The number of likely N-dealkylation sites (N-methyl/N-ethyl adjacent to an activating group) is 1. The fourth-order valence-corrected chi connectivity index (χ4v) is 1.14. The van der Waals surface area contributed by atoms with E-state index in [4.69, 9.17) is 9.57 Å². The van der Waals surface area contributed by atoms with Gasteiger partial charge in [-0.2, -0.15) is 0 Å². The lowest BCUT2D eigenvalue weighted by molar-refractivity contribution is -0.170. The van der Waals surface area contributed by atoms with Gasteiger partial charge < -0.3 is 4.74 Å². The molecule has 0 radical (unpaired) electrons. The average Bonchev–Trinajstić information content (AvgIpc) is 2.35. The largest absolute Gasteiger partial charge is 0.484 e. The van der Waals surface area contributed by atoms with Gasteiger partial charge in [0.2, 0.25) is 0 Å². The lowest BCUT2D eigenvalue weighted by atomic mass is 10.1. The van der Waals surface area contributed by atoms with Crippen molar-refractivity contribution >= 4 is 11.7 Å². The van der Waals surface area contributed by atoms with Crippen LogP contribution >= 0.6 is 0 Å². The van der Waals surface area contributed by atoms with Crippen molar-refractivity contribution in [1.29, 1.82) is 0 Å². The van der Waals surface area contributed by atoms with Crippen molar-refractivity contribution in [3.05, 3.63) is 29.8 Å². The summed E-state index contributed by atoms with van der Waals surface area (Å²) in [7, 11) is 2.89. The number of hydroxylamine groups is 2. The van der Waals surface area contributed by atoms with Gasteiger partial charge in [-0.25, -0.2) is 5.06 Å². The molecular formula is C12H15NO4. The highest BCUT2D eigenvalue weighted by Crippen LogP contribution is 2.13. The quantitative estimate of drug-likeness (QED) is 0.572. The molecule has 0 aromatic heterocycles. The molecule has 0 N–H and O–H groups in total. The molecule has 0 atom stereocenters. The van der Waals surface area contributed by atoms with Crippen molar-refractivity contribution in [3.63, 3.8) is 0 Å². The van der Waals surface area contributed by atoms with E-state index in [1.54, 1.807) is 24.3 Å². The predicted molar refractivity (Wildman–Crippen MR) is 61.7 cm³/mol. The monoisotopic (exact) mass is 237 g/mol. The van der Waals surface area contributed by atoms with Gasteiger partial charge in [0.15, 0.2) is 12.4 Å². The molecular weight excluding hydrogens is 222 g/mol. The molecule has 0 unspecified atom stereocenters. The first-order chi connectivity index (χ1) is 8.04. The van der Waals surface area contributed by atoms with Crippen LogP contribution in [-0.4, -0.2) is 37.5 Å². The number of ether oxygens (including phenoxy) is 1. The summed E-state index contributed by atoms with van der Waals surface area (Å²) < 4.78 is 5.26. The average molecular weight is 237 g/mol. The lowest BCUT2D eigenvalue weighted by Crippen LogP contribution is -2.30. The number of hydrogen-bond donors (Lipinski definition) is 0. The molecule has 0 saturated heterocycles. The van der Waals surface area contributed by atoms with Crippen LogP contribution in [-0.2, 0) is 9.63 Å². The number of ketones is 1. The highest BCUT2D eigenvalue weighted by atomic mass is 16.7. The van der Waals surface area contributed by atoms with E-state index in [1.807, 2.05) is 0 Å². The van der Waals surface area contributed by atoms with Crippen molar-refractivity contribution in [2.75, 3.05) is 20.8 Å². The van der Waals surface area contributed by atoms with Gasteiger partial charge in [-0.05, 0) is 19.1 Å². The summed E-state index contributed by atoms with van der Waals surface area (Å²) in [6.45, 7) is 1.34. The Morgan fingerprint density at radius 2 is 2.06 bits per heavy atom. The maximum atomic E-state index is 11.4. The first-order valence-corrected chi connectivity index (χ1v) is 5.09. The molecule has 0 aliphatic carbocycles. The standard InChI is InChI=1S/C12H15NO4/c1-9(14)10-5-4-6-11(7-10)17-8-12(15)13(2)16-3/h4-7H,8H2,1-3H3. The molecule has 5 heteroatoms. The van der Waals surface area contributed by atoms with Gasteiger partial charge in [-0.15, -0.1) is 0 Å². The molecule has 0 heterocycles. The molecule has 17 heavy (non-hydrogen) atoms. The van der Waals surface area contributed by atoms with Crippen LogP contribution < -0.4 is 4.74 Å². The van der Waals surface area contributed by atoms with Crippen molar-refractivity contribution in [3.8, 4) is 5.75 Å². The molecule has 0 aliphatic rings. The minimum atomic E-state index is -0.305. The van der Waals surface area contributed by atoms with Crippen molar-refractivity contribution in [1.82, 2.24) is 5.06 Å². The number of carbonyl (C=O) groups is 2. The third-order valence-corrected chi connectivity index (χ3v) is 2.23. The Hall–Kier alpha value is -1.88. The summed E-state index contributed by atoms with van der Waals surface area (Å²) >= 11 is 0. The van der Waals surface area contributed by atoms with E-state index in [1.165, 1.54) is 21.1 Å². The number of hydrogen-bond acceptors (Lipinski definition) is 4. The summed E-state index contributed by atoms with van der Waals surface area (Å²) in [5.41, 5.74) is 0.551. The molecule has 1 amide bonds. The number of Topliss-reactive ketones (excluding diaryl/α,β-unsaturated/α-hetero) is 1. The van der Waals surface area contributed by atoms with Gasteiger partial charge >= 0.3 is 0 Å². The number of carbonyl (C=O) groups excluding carboxylic acids is 2. The molecule has 5 nitrogen and oxygen atoms in total. The first kappa shape index (κ1) is 13.2. The Morgan fingerprint density at radius 1 is 1.35 bits per heavy atom. The molecule has 92 valence electrons. The molecule has 0 bridgehead atoms. The highest BCUT2D eigenvalue weighted by Gasteiger charge is 2.09. The Bertz CT molecular complexity index is 417. The SMILES string of the molecule is CON(C)C(=O)COc1cccc(C(C)=O)c1. The van der Waals surface area contributed by atoms with E-state index in [-0.39, 0.29) is 18.3 Å². The van der Waals surface area contributed by atoms with Gasteiger partial charge in [-0.1, -0.05) is 12.1 Å². The van der Waals surface area contributed by atoms with Crippen LogP contribution in [0.3, 0.4) is 0 Å². The van der Waals surface area contributed by atoms with Crippen LogP contribution in [0, 0.1) is 0 Å². The third-order valence-electron chi connectivity index (χ3n) is 2.23. The second kappa shape index (κ2) is 6.00. The lowest BCUT2D eigenvalue weighted by Gasteiger charge is -2.14. The van der Waals surface area contributed by atoms with Gasteiger partial charge in [0.25, 0.3) is 5.91 Å². The summed E-state index contributed by atoms with van der Waals surface area (Å²) in [5, 5.41) is 1.08. The Labute approximate surface area is 99.9 Å². The molecule has 0 aliphatic heterocycles. The molecule has 1 rings (SSSR count). The van der Waals surface area contributed by atoms with E-state index < -0.39 is 0 Å². The zero-order chi connectivity index (χ0) is 12.8. The van der Waals surface area contributed by atoms with Crippen LogP contribution in [0.25, 0.3) is 0 Å². The Balaban J connectivity index is 2.60. The zero-order valence-corrected chi connectivity index (χ0v) is 10.1. The second-order valence-corrected chi connectivity index (χ2v) is 3.45. The van der Waals surface area contributed by atoms with E-state index in [2.05, 4.69) is 0 Å². The summed E-state index contributed by atoms with van der Waals surface area (Å²) in [4.78, 5) is 27.2. The highest BCUT2D eigenvalue weighted by molar-refractivity contribution is 5.94. The summed E-state index contributed by atoms with van der Waals surface area (Å²) in [6, 6.07) is 6.68. The maximum Gasteiger partial charge on any atom is 0.283 e. The molecule has 1 aromatic carbocycles. The van der Waals surface area contributed by atoms with Gasteiger partial charge in [-0.3, -0.25) is 14.4 Å². The number of rotatable bonds is 5. The van der Waals surface area contributed by atoms with Crippen LogP contribution in [0.1, 0.15) is 17.3 Å². The summed E-state index contributed by atoms with van der Waals surface area (Å²) in [5.74, 6) is 0.132. The Morgan fingerprint density at radius 3 is 2.65 bits per heavy atom. The van der Waals surface area contributed by atoms with Crippen molar-refractivity contribution in [2.24, 2.45) is 0 Å². The van der Waals surface area contributed by atoms with Crippen LogP contribution in [0.4, 0.5) is 0 Å². The fraction of sp³-hybridized carbons (Fsp3) is 0.333. The van der Waals surface area contributed by atoms with Crippen LogP contribution in [0.2, 0.25) is 0 Å². The normalized spacial score (nSPS) is 9.82. The fourth-order valence-electron chi connectivity index (χ4n) is 1.14. The van der Waals surface area contributed by atoms with Gasteiger partial charge in [0.1, 0.15) is 5.75 Å². The molecule has 1 aromatic rings. The van der Waals surface area contributed by atoms with Crippen molar-refractivity contribution in [2.45, 2.75) is 6.92 Å². The van der Waals surface area contributed by atoms with E-state index in [0.717, 1.165) is 5.06 Å². The van der Waals surface area contributed by atoms with Crippen LogP contribution in [0.15, 0.2) is 24.3 Å². The second-order valence-electron chi connectivity index (χ2n) is 3.45. The summed E-state index contributed by atoms with van der Waals surface area (Å²) in [6.07, 6.45) is 0. The molecule has 0 spiro atoms. The maximum absolute atomic E-state index is 11.4. The topological polar surface area (TPSA) is 55.8 Å². The molecule has 0 fully saturated rings. The van der Waals surface area contributed by atoms with E-state index in [0.29, 0.717) is 11.3 Å². The predicted octanol–water partition coefficient (Wildman–Crippen LogP) is 1.29. The van der Waals surface area contributed by atoms with Gasteiger partial charge in [0.05, 0.1) is 7.11 Å². The zero-order valence-electron chi connectivity index (χ0n) is 10.1. The number of amides is 1. The first-order valence-electron chi connectivity index (χ1n) is 5.09. The van der Waals surface area contributed by atoms with E-state index >= 15 is 0 Å². The van der Waals surface area contributed by atoms with Gasteiger partial charge in [0, 0.05) is 12.6 Å². The third kappa shape index (κ3) is 3.88. The minimum absolute atomic E-state index is 0.0456. The smallest absolute Gasteiger partial charge is 0.283 e.